The molecule has 3 aliphatic heterocycles. The van der Waals surface area contributed by atoms with Crippen LogP contribution in [0.3, 0.4) is 0 Å². The molecule has 11 heteroatoms. The summed E-state index contributed by atoms with van der Waals surface area (Å²) in [5.41, 5.74) is 0.546. The zero-order chi connectivity index (χ0) is 28.8. The molecule has 1 spiro atoms. The molecular weight excluding hydrogens is 533 g/mol. The third-order valence-corrected chi connectivity index (χ3v) is 10.9. The summed E-state index contributed by atoms with van der Waals surface area (Å²) < 4.78 is 27.8. The van der Waals surface area contributed by atoms with Crippen LogP contribution in [0.1, 0.15) is 24.5 Å². The number of aliphatic hydroxyl groups excluding tert-OH is 1. The third kappa shape index (κ3) is 4.69. The summed E-state index contributed by atoms with van der Waals surface area (Å²) in [5.74, 6) is -1.15. The van der Waals surface area contributed by atoms with Crippen molar-refractivity contribution in [3.8, 4) is 0 Å². The zero-order valence-electron chi connectivity index (χ0n) is 23.3. The number of benzene rings is 2. The summed E-state index contributed by atoms with van der Waals surface area (Å²) in [6, 6.07) is 14.7. The van der Waals surface area contributed by atoms with Gasteiger partial charge in [-0.05, 0) is 36.9 Å². The van der Waals surface area contributed by atoms with E-state index in [0.717, 1.165) is 5.56 Å². The number of halogens is 1. The SMILES string of the molecule is C[C@@H]1[C@@H]([Si](C)(C)F)[C@H](CC(=O)N(CCO)Cc2ccccc2)O[C@@]12C(=O)N(C)c1ccc(N3CCOC3=O)cc12. The summed E-state index contributed by atoms with van der Waals surface area (Å²) in [4.78, 5) is 44.4. The van der Waals surface area contributed by atoms with Crippen LogP contribution < -0.4 is 9.80 Å². The molecule has 0 radical (unpaired) electrons. The third-order valence-electron chi connectivity index (χ3n) is 8.46. The van der Waals surface area contributed by atoms with Crippen molar-refractivity contribution in [3.63, 3.8) is 0 Å². The lowest BCUT2D eigenvalue weighted by atomic mass is 9.82. The maximum absolute atomic E-state index is 16.1. The molecule has 4 atom stereocenters. The van der Waals surface area contributed by atoms with E-state index in [9.17, 15) is 19.5 Å². The Bertz CT molecular complexity index is 1300. The number of likely N-dealkylation sites (N-methyl/N-ethyl adjacent to an activating group) is 1. The van der Waals surface area contributed by atoms with E-state index in [-0.39, 0.29) is 38.0 Å². The minimum atomic E-state index is -3.46. The molecule has 2 aromatic carbocycles. The van der Waals surface area contributed by atoms with Gasteiger partial charge in [0.05, 0.1) is 31.4 Å². The largest absolute Gasteiger partial charge is 0.447 e. The molecule has 5 rings (SSSR count). The van der Waals surface area contributed by atoms with Crippen LogP contribution in [0.15, 0.2) is 48.5 Å². The first-order chi connectivity index (χ1) is 19.0. The second-order valence-electron chi connectivity index (χ2n) is 11.3. The fraction of sp³-hybridized carbons (Fsp3) is 0.483. The van der Waals surface area contributed by atoms with Gasteiger partial charge in [-0.3, -0.25) is 14.5 Å². The summed E-state index contributed by atoms with van der Waals surface area (Å²) in [7, 11) is -1.80. The van der Waals surface area contributed by atoms with Gasteiger partial charge >= 0.3 is 6.09 Å². The number of carbonyl (C=O) groups is 3. The van der Waals surface area contributed by atoms with Crippen LogP contribution in [0, 0.1) is 5.92 Å². The lowest BCUT2D eigenvalue weighted by Gasteiger charge is -2.31. The molecule has 0 aliphatic carbocycles. The van der Waals surface area contributed by atoms with Crippen molar-refractivity contribution in [2.24, 2.45) is 5.92 Å². The van der Waals surface area contributed by atoms with Crippen LogP contribution in [-0.2, 0) is 31.2 Å². The monoisotopic (exact) mass is 569 g/mol. The number of hydrogen-bond acceptors (Lipinski definition) is 6. The summed E-state index contributed by atoms with van der Waals surface area (Å²) in [5, 5.41) is 9.66. The molecule has 0 bridgehead atoms. The first-order valence-electron chi connectivity index (χ1n) is 13.6. The molecule has 3 amide bonds. The van der Waals surface area contributed by atoms with Crippen molar-refractivity contribution in [2.75, 3.05) is 43.2 Å². The van der Waals surface area contributed by atoms with Gasteiger partial charge in [-0.15, -0.1) is 0 Å². The Kier molecular flexibility index (Phi) is 7.49. The van der Waals surface area contributed by atoms with E-state index in [0.29, 0.717) is 30.0 Å². The molecule has 0 saturated carbocycles. The number of nitrogens with zero attached hydrogens (tertiary/aromatic N) is 3. The van der Waals surface area contributed by atoms with E-state index >= 15 is 4.11 Å². The molecule has 2 saturated heterocycles. The van der Waals surface area contributed by atoms with E-state index in [1.165, 1.54) is 9.80 Å². The molecule has 3 heterocycles. The number of carbonyl (C=O) groups excluding carboxylic acids is 3. The van der Waals surface area contributed by atoms with Gasteiger partial charge in [0.25, 0.3) is 5.91 Å². The highest BCUT2D eigenvalue weighted by Gasteiger charge is 2.66. The standard InChI is InChI=1S/C29H36FN3O6Si/c1-19-26(40(3,4)30)24(17-25(35)32(12-14-34)18-20-8-6-5-7-9-20)39-29(19)22-16-21(33-13-15-38-28(33)37)10-11-23(22)31(2)27(29)36/h5-11,16,19,24,26,34H,12-15,17-18H2,1-4H3/t19-,24+,26-,29+/m1/s1. The van der Waals surface area contributed by atoms with Crippen molar-refractivity contribution in [3.05, 3.63) is 59.7 Å². The number of rotatable bonds is 8. The molecule has 214 valence electrons. The number of amides is 3. The van der Waals surface area contributed by atoms with Gasteiger partial charge in [0.15, 0.2) is 5.60 Å². The maximum atomic E-state index is 16.1. The highest BCUT2D eigenvalue weighted by molar-refractivity contribution is 6.72. The van der Waals surface area contributed by atoms with Gasteiger partial charge in [0.1, 0.15) is 6.61 Å². The van der Waals surface area contributed by atoms with Crippen molar-refractivity contribution in [1.82, 2.24) is 4.90 Å². The molecule has 1 N–H and O–H groups in total. The highest BCUT2D eigenvalue weighted by Crippen LogP contribution is 2.60. The quantitative estimate of drug-likeness (QED) is 0.384. The molecule has 9 nitrogen and oxygen atoms in total. The van der Waals surface area contributed by atoms with Gasteiger partial charge in [0, 0.05) is 42.8 Å². The van der Waals surface area contributed by atoms with Crippen molar-refractivity contribution in [2.45, 2.75) is 50.2 Å². The van der Waals surface area contributed by atoms with E-state index in [2.05, 4.69) is 0 Å². The van der Waals surface area contributed by atoms with Crippen molar-refractivity contribution in [1.29, 1.82) is 0 Å². The van der Waals surface area contributed by atoms with Crippen molar-refractivity contribution >= 4 is 37.7 Å². The van der Waals surface area contributed by atoms with Crippen molar-refractivity contribution < 1.29 is 33.1 Å². The Morgan fingerprint density at radius 1 is 1.20 bits per heavy atom. The smallest absolute Gasteiger partial charge is 0.414 e. The Morgan fingerprint density at radius 2 is 1.93 bits per heavy atom. The fourth-order valence-corrected chi connectivity index (χ4v) is 9.15. The zero-order valence-corrected chi connectivity index (χ0v) is 24.3. The number of cyclic esters (lactones) is 1. The molecule has 2 fully saturated rings. The topological polar surface area (TPSA) is 99.6 Å². The van der Waals surface area contributed by atoms with Crippen LogP contribution in [-0.4, -0.2) is 75.8 Å². The van der Waals surface area contributed by atoms with E-state index < -0.39 is 37.7 Å². The number of aliphatic hydroxyl groups is 1. The Labute approximate surface area is 234 Å². The molecular formula is C29H36FN3O6Si. The van der Waals surface area contributed by atoms with Gasteiger partial charge in [-0.1, -0.05) is 37.3 Å². The first kappa shape index (κ1) is 28.3. The van der Waals surface area contributed by atoms with Gasteiger partial charge in [-0.2, -0.15) is 0 Å². The number of anilines is 2. The van der Waals surface area contributed by atoms with Crippen LogP contribution in [0.2, 0.25) is 18.6 Å². The summed E-state index contributed by atoms with van der Waals surface area (Å²) in [6.45, 7) is 5.88. The summed E-state index contributed by atoms with van der Waals surface area (Å²) in [6.07, 6.45) is -1.42. The Morgan fingerprint density at radius 3 is 2.55 bits per heavy atom. The normalized spacial score (nSPS) is 26.0. The Balaban J connectivity index is 1.50. The van der Waals surface area contributed by atoms with Crippen LogP contribution in [0.4, 0.5) is 20.3 Å². The van der Waals surface area contributed by atoms with E-state index in [1.807, 2.05) is 37.3 Å². The highest BCUT2D eigenvalue weighted by atomic mass is 28.4. The minimum absolute atomic E-state index is 0.117. The average Bonchev–Trinajstić information content (AvgIpc) is 3.53. The molecule has 2 aromatic rings. The predicted molar refractivity (Wildman–Crippen MR) is 150 cm³/mol. The molecule has 0 aromatic heterocycles. The average molecular weight is 570 g/mol. The van der Waals surface area contributed by atoms with Gasteiger partial charge < -0.3 is 28.5 Å². The maximum Gasteiger partial charge on any atom is 0.414 e. The lowest BCUT2D eigenvalue weighted by molar-refractivity contribution is -0.149. The van der Waals surface area contributed by atoms with Gasteiger partial charge in [-0.25, -0.2) is 4.79 Å². The predicted octanol–water partition coefficient (Wildman–Crippen LogP) is 3.81. The molecule has 3 aliphatic rings. The number of fused-ring (bicyclic) bond motifs is 2. The van der Waals surface area contributed by atoms with E-state index in [1.54, 1.807) is 43.2 Å². The lowest BCUT2D eigenvalue weighted by Crippen LogP contribution is -2.44. The Hall–Kier alpha value is -3.28. The minimum Gasteiger partial charge on any atom is -0.447 e. The number of ether oxygens (including phenoxy) is 2. The second-order valence-corrected chi connectivity index (χ2v) is 15.1. The van der Waals surface area contributed by atoms with Crippen LogP contribution in [0.25, 0.3) is 0 Å². The fourth-order valence-electron chi connectivity index (χ4n) is 6.65. The molecule has 40 heavy (non-hydrogen) atoms. The van der Waals surface area contributed by atoms with Crippen LogP contribution in [0.5, 0.6) is 0 Å². The first-order valence-corrected chi connectivity index (χ1v) is 16.6. The van der Waals surface area contributed by atoms with Gasteiger partial charge in [0.2, 0.25) is 14.3 Å². The molecule has 0 unspecified atom stereocenters. The number of hydrogen-bond donors (Lipinski definition) is 1. The van der Waals surface area contributed by atoms with Crippen LogP contribution >= 0.6 is 0 Å². The summed E-state index contributed by atoms with van der Waals surface area (Å²) >= 11 is 0. The van der Waals surface area contributed by atoms with E-state index in [4.69, 9.17) is 9.47 Å². The second kappa shape index (κ2) is 10.6.